The van der Waals surface area contributed by atoms with E-state index in [1.54, 1.807) is 12.4 Å². The van der Waals surface area contributed by atoms with Gasteiger partial charge in [0.05, 0.1) is 5.56 Å². The zero-order valence-corrected chi connectivity index (χ0v) is 16.6. The third-order valence-corrected chi connectivity index (χ3v) is 4.50. The number of aromatic nitrogens is 2. The summed E-state index contributed by atoms with van der Waals surface area (Å²) < 4.78 is 94.7. The van der Waals surface area contributed by atoms with Gasteiger partial charge in [0.15, 0.2) is 0 Å². The molecule has 1 aromatic heterocycles. The van der Waals surface area contributed by atoms with Crippen molar-refractivity contribution < 1.29 is 30.7 Å². The molecule has 0 fully saturated rings. The molecule has 0 atom stereocenters. The summed E-state index contributed by atoms with van der Waals surface area (Å²) in [5.74, 6) is -1.29. The molecule has 0 aliphatic heterocycles. The number of benzene rings is 2. The van der Waals surface area contributed by atoms with Crippen molar-refractivity contribution in [2.45, 2.75) is 32.4 Å². The Morgan fingerprint density at radius 2 is 1.38 bits per heavy atom. The molecule has 166 valence electrons. The Morgan fingerprint density at radius 3 is 1.88 bits per heavy atom. The van der Waals surface area contributed by atoms with Gasteiger partial charge in [-0.25, -0.2) is 27.5 Å². The van der Waals surface area contributed by atoms with Crippen LogP contribution in [0.4, 0.5) is 30.7 Å². The van der Waals surface area contributed by atoms with Gasteiger partial charge in [-0.15, -0.1) is 0 Å². The lowest BCUT2D eigenvalue weighted by atomic mass is 10.00. The molecule has 9 heteroatoms. The van der Waals surface area contributed by atoms with Crippen molar-refractivity contribution in [1.82, 2.24) is 9.97 Å². The molecule has 0 saturated heterocycles. The van der Waals surface area contributed by atoms with Gasteiger partial charge in [-0.3, -0.25) is 0 Å². The highest BCUT2D eigenvalue weighted by Gasteiger charge is 2.38. The quantitative estimate of drug-likeness (QED) is 0.335. The fourth-order valence-electron chi connectivity index (χ4n) is 2.97. The van der Waals surface area contributed by atoms with Crippen LogP contribution in [0, 0.1) is 35.1 Å². The van der Waals surface area contributed by atoms with Crippen LogP contribution in [-0.4, -0.2) is 9.97 Å². The molecular formula is C23H15F7N2. The Hall–Kier alpha value is -3.41. The molecule has 32 heavy (non-hydrogen) atoms. The van der Waals surface area contributed by atoms with E-state index in [-0.39, 0.29) is 23.5 Å². The van der Waals surface area contributed by atoms with E-state index in [0.29, 0.717) is 0 Å². The van der Waals surface area contributed by atoms with Crippen LogP contribution in [-0.2, 0) is 12.6 Å². The van der Waals surface area contributed by atoms with Gasteiger partial charge in [0.2, 0.25) is 5.82 Å². The molecule has 0 radical (unpaired) electrons. The highest BCUT2D eigenvalue weighted by molar-refractivity contribution is 5.67. The zero-order chi connectivity index (χ0) is 23.5. The highest BCUT2D eigenvalue weighted by Crippen LogP contribution is 2.37. The van der Waals surface area contributed by atoms with Crippen molar-refractivity contribution in [1.29, 1.82) is 0 Å². The van der Waals surface area contributed by atoms with Crippen molar-refractivity contribution in [3.05, 3.63) is 82.4 Å². The van der Waals surface area contributed by atoms with Crippen LogP contribution >= 0.6 is 0 Å². The second-order valence-corrected chi connectivity index (χ2v) is 6.90. The zero-order valence-electron chi connectivity index (χ0n) is 16.6. The number of hydrogen-bond donors (Lipinski definition) is 0. The minimum absolute atomic E-state index is 0.115. The lowest BCUT2D eigenvalue weighted by Crippen LogP contribution is -2.11. The molecule has 0 bridgehead atoms. The molecule has 0 N–H and O–H groups in total. The van der Waals surface area contributed by atoms with Crippen molar-refractivity contribution in [3.63, 3.8) is 0 Å². The van der Waals surface area contributed by atoms with Crippen LogP contribution in [0.15, 0.2) is 36.7 Å². The van der Waals surface area contributed by atoms with Crippen LogP contribution in [0.1, 0.15) is 42.3 Å². The SMILES string of the molecule is CCCCc1cnc(C#Cc2cc(F)c(-c3cc(F)c(C(F)(F)F)c(F)c3)c(F)c2)nc1. The molecule has 0 saturated carbocycles. The van der Waals surface area contributed by atoms with Crippen LogP contribution in [0.5, 0.6) is 0 Å². The number of rotatable bonds is 4. The normalized spacial score (nSPS) is 11.2. The second-order valence-electron chi connectivity index (χ2n) is 6.90. The Kier molecular flexibility index (Phi) is 6.82. The Labute approximate surface area is 179 Å². The van der Waals surface area contributed by atoms with E-state index >= 15 is 0 Å². The number of hydrogen-bond acceptors (Lipinski definition) is 2. The molecule has 3 rings (SSSR count). The fourth-order valence-corrected chi connectivity index (χ4v) is 2.97. The van der Waals surface area contributed by atoms with Crippen molar-refractivity contribution >= 4 is 0 Å². The number of halogens is 7. The largest absolute Gasteiger partial charge is 0.422 e. The van der Waals surface area contributed by atoms with Crippen molar-refractivity contribution in [3.8, 4) is 23.0 Å². The standard InChI is InChI=1S/C23H15F7N2/c1-2-3-4-14-11-31-20(32-12-14)6-5-13-7-16(24)21(17(25)8-13)15-9-18(26)22(19(27)10-15)23(28,29)30/h7-12H,2-4H2,1H3. The molecule has 0 spiro atoms. The number of aryl methyl sites for hydroxylation is 1. The Morgan fingerprint density at radius 1 is 0.812 bits per heavy atom. The summed E-state index contributed by atoms with van der Waals surface area (Å²) in [6, 6.07) is 2.06. The van der Waals surface area contributed by atoms with E-state index in [1.807, 2.05) is 0 Å². The number of unbranched alkanes of at least 4 members (excludes halogenated alkanes) is 1. The molecule has 2 nitrogen and oxygen atoms in total. The first-order valence-electron chi connectivity index (χ1n) is 9.48. The average molecular weight is 452 g/mol. The lowest BCUT2D eigenvalue weighted by molar-refractivity contribution is -0.142. The van der Waals surface area contributed by atoms with Crippen molar-refractivity contribution in [2.24, 2.45) is 0 Å². The fraction of sp³-hybridized carbons (Fsp3) is 0.217. The molecule has 0 unspecified atom stereocenters. The van der Waals surface area contributed by atoms with Crippen LogP contribution in [0.25, 0.3) is 11.1 Å². The van der Waals surface area contributed by atoms with Gasteiger partial charge in [-0.1, -0.05) is 19.3 Å². The monoisotopic (exact) mass is 452 g/mol. The summed E-state index contributed by atoms with van der Waals surface area (Å²) in [5, 5.41) is 0. The Balaban J connectivity index is 1.91. The molecule has 2 aromatic carbocycles. The van der Waals surface area contributed by atoms with E-state index in [9.17, 15) is 30.7 Å². The number of alkyl halides is 3. The summed E-state index contributed by atoms with van der Waals surface area (Å²) in [5.41, 5.74) is -2.91. The van der Waals surface area contributed by atoms with Crippen LogP contribution in [0.2, 0.25) is 0 Å². The third kappa shape index (κ3) is 5.25. The minimum Gasteiger partial charge on any atom is -0.229 e. The van der Waals surface area contributed by atoms with Crippen LogP contribution in [0.3, 0.4) is 0 Å². The summed E-state index contributed by atoms with van der Waals surface area (Å²) in [6.07, 6.45) is 0.717. The minimum atomic E-state index is -5.29. The van der Waals surface area contributed by atoms with E-state index < -0.39 is 46.1 Å². The smallest absolute Gasteiger partial charge is 0.229 e. The summed E-state index contributed by atoms with van der Waals surface area (Å²) in [7, 11) is 0. The molecule has 1 heterocycles. The highest BCUT2D eigenvalue weighted by atomic mass is 19.4. The molecule has 0 aliphatic rings. The molecular weight excluding hydrogens is 437 g/mol. The van der Waals surface area contributed by atoms with Crippen LogP contribution < -0.4 is 0 Å². The molecule has 0 amide bonds. The predicted molar refractivity (Wildman–Crippen MR) is 103 cm³/mol. The van der Waals surface area contributed by atoms with Gasteiger partial charge in [-0.05, 0) is 54.2 Å². The lowest BCUT2D eigenvalue weighted by Gasteiger charge is -2.12. The Bertz CT molecular complexity index is 1140. The van der Waals surface area contributed by atoms with Gasteiger partial charge in [0.1, 0.15) is 28.8 Å². The first kappa shape index (κ1) is 23.3. The average Bonchev–Trinajstić information content (AvgIpc) is 2.69. The predicted octanol–water partition coefficient (Wildman–Crippen LogP) is 6.46. The molecule has 3 aromatic rings. The van der Waals surface area contributed by atoms with Gasteiger partial charge in [-0.2, -0.15) is 13.2 Å². The second kappa shape index (κ2) is 9.39. The summed E-state index contributed by atoms with van der Waals surface area (Å²) in [4.78, 5) is 8.11. The van der Waals surface area contributed by atoms with Gasteiger partial charge >= 0.3 is 6.18 Å². The van der Waals surface area contributed by atoms with Gasteiger partial charge in [0, 0.05) is 18.0 Å². The maximum Gasteiger partial charge on any atom is 0.422 e. The van der Waals surface area contributed by atoms with E-state index in [0.717, 1.165) is 37.0 Å². The van der Waals surface area contributed by atoms with Crippen molar-refractivity contribution in [2.75, 3.05) is 0 Å². The summed E-state index contributed by atoms with van der Waals surface area (Å²) >= 11 is 0. The van der Waals surface area contributed by atoms with E-state index in [2.05, 4.69) is 28.7 Å². The summed E-state index contributed by atoms with van der Waals surface area (Å²) in [6.45, 7) is 2.05. The van der Waals surface area contributed by atoms with E-state index in [1.165, 1.54) is 0 Å². The number of nitrogens with zero attached hydrogens (tertiary/aromatic N) is 2. The topological polar surface area (TPSA) is 25.8 Å². The van der Waals surface area contributed by atoms with Gasteiger partial charge in [0.25, 0.3) is 0 Å². The third-order valence-electron chi connectivity index (χ3n) is 4.50. The maximum atomic E-state index is 14.5. The molecule has 0 aliphatic carbocycles. The maximum absolute atomic E-state index is 14.5. The first-order valence-corrected chi connectivity index (χ1v) is 9.48. The van der Waals surface area contributed by atoms with Gasteiger partial charge < -0.3 is 0 Å². The van der Waals surface area contributed by atoms with E-state index in [4.69, 9.17) is 0 Å². The first-order chi connectivity index (χ1) is 15.1.